The second-order valence-corrected chi connectivity index (χ2v) is 6.25. The zero-order valence-electron chi connectivity index (χ0n) is 13.2. The van der Waals surface area contributed by atoms with E-state index >= 15 is 0 Å². The SMILES string of the molecule is CN(C)CCCNc1cc(C(=O)Nc2cccc(Br)c2)ncn1. The number of carbonyl (C=O) groups excluding carboxylic acids is 1. The van der Waals surface area contributed by atoms with Crippen molar-refractivity contribution in [2.45, 2.75) is 6.42 Å². The molecule has 2 rings (SSSR count). The van der Waals surface area contributed by atoms with E-state index in [9.17, 15) is 4.79 Å². The van der Waals surface area contributed by atoms with Gasteiger partial charge in [0.05, 0.1) is 0 Å². The molecular weight excluding hydrogens is 358 g/mol. The maximum absolute atomic E-state index is 12.2. The highest BCUT2D eigenvalue weighted by Crippen LogP contribution is 2.16. The van der Waals surface area contributed by atoms with Crippen LogP contribution in [0.25, 0.3) is 0 Å². The molecule has 0 saturated carbocycles. The number of hydrogen-bond donors (Lipinski definition) is 2. The van der Waals surface area contributed by atoms with Crippen LogP contribution in [0.2, 0.25) is 0 Å². The van der Waals surface area contributed by atoms with E-state index < -0.39 is 0 Å². The van der Waals surface area contributed by atoms with Gasteiger partial charge >= 0.3 is 0 Å². The van der Waals surface area contributed by atoms with Crippen molar-refractivity contribution in [3.05, 3.63) is 46.8 Å². The predicted octanol–water partition coefficient (Wildman–Crippen LogP) is 2.86. The number of benzene rings is 1. The fourth-order valence-electron chi connectivity index (χ4n) is 1.95. The summed E-state index contributed by atoms with van der Waals surface area (Å²) in [6, 6.07) is 9.07. The fourth-order valence-corrected chi connectivity index (χ4v) is 2.35. The molecule has 0 bridgehead atoms. The molecule has 0 atom stereocenters. The number of hydrogen-bond acceptors (Lipinski definition) is 5. The summed E-state index contributed by atoms with van der Waals surface area (Å²) in [5.41, 5.74) is 1.04. The Bertz CT molecular complexity index is 662. The molecule has 23 heavy (non-hydrogen) atoms. The van der Waals surface area contributed by atoms with E-state index in [2.05, 4.69) is 41.4 Å². The summed E-state index contributed by atoms with van der Waals surface area (Å²) in [6.45, 7) is 1.79. The topological polar surface area (TPSA) is 70.2 Å². The van der Waals surface area contributed by atoms with Crippen LogP contribution in [0.3, 0.4) is 0 Å². The first-order valence-corrected chi connectivity index (χ1v) is 8.11. The second-order valence-electron chi connectivity index (χ2n) is 5.34. The summed E-state index contributed by atoms with van der Waals surface area (Å²) in [5, 5.41) is 6.02. The first kappa shape index (κ1) is 17.4. The Kier molecular flexibility index (Phi) is 6.49. The third-order valence-electron chi connectivity index (χ3n) is 3.07. The Morgan fingerprint density at radius 2 is 2.09 bits per heavy atom. The summed E-state index contributed by atoms with van der Waals surface area (Å²) in [7, 11) is 4.07. The molecule has 0 spiro atoms. The van der Waals surface area contributed by atoms with Gasteiger partial charge < -0.3 is 15.5 Å². The van der Waals surface area contributed by atoms with Crippen molar-refractivity contribution in [1.82, 2.24) is 14.9 Å². The van der Waals surface area contributed by atoms with Crippen LogP contribution in [0.4, 0.5) is 11.5 Å². The lowest BCUT2D eigenvalue weighted by Crippen LogP contribution is -2.17. The average Bonchev–Trinajstić information content (AvgIpc) is 2.52. The summed E-state index contributed by atoms with van der Waals surface area (Å²) in [5.74, 6) is 0.389. The van der Waals surface area contributed by atoms with Crippen molar-refractivity contribution in [2.24, 2.45) is 0 Å². The van der Waals surface area contributed by atoms with Crippen molar-refractivity contribution in [1.29, 1.82) is 0 Å². The van der Waals surface area contributed by atoms with E-state index in [1.54, 1.807) is 6.07 Å². The molecule has 122 valence electrons. The van der Waals surface area contributed by atoms with E-state index in [4.69, 9.17) is 0 Å². The number of amides is 1. The van der Waals surface area contributed by atoms with Crippen LogP contribution in [-0.2, 0) is 0 Å². The minimum atomic E-state index is -0.262. The third kappa shape index (κ3) is 5.96. The van der Waals surface area contributed by atoms with Gasteiger partial charge in [-0.25, -0.2) is 9.97 Å². The van der Waals surface area contributed by atoms with Gasteiger partial charge in [0.2, 0.25) is 0 Å². The van der Waals surface area contributed by atoms with Gasteiger partial charge in [-0.15, -0.1) is 0 Å². The van der Waals surface area contributed by atoms with Crippen LogP contribution >= 0.6 is 15.9 Å². The molecule has 7 heteroatoms. The van der Waals surface area contributed by atoms with E-state index in [-0.39, 0.29) is 5.91 Å². The first-order valence-electron chi connectivity index (χ1n) is 7.32. The Morgan fingerprint density at radius 3 is 2.83 bits per heavy atom. The highest BCUT2D eigenvalue weighted by molar-refractivity contribution is 9.10. The molecule has 1 aromatic carbocycles. The fraction of sp³-hybridized carbons (Fsp3) is 0.312. The average molecular weight is 378 g/mol. The Hall–Kier alpha value is -1.99. The molecule has 0 saturated heterocycles. The van der Waals surface area contributed by atoms with Crippen molar-refractivity contribution in [3.63, 3.8) is 0 Å². The van der Waals surface area contributed by atoms with Crippen LogP contribution in [-0.4, -0.2) is 48.0 Å². The van der Waals surface area contributed by atoms with Gasteiger partial charge in [0, 0.05) is 22.8 Å². The number of nitrogens with zero attached hydrogens (tertiary/aromatic N) is 3. The molecule has 0 aliphatic carbocycles. The number of carbonyl (C=O) groups is 1. The molecule has 6 nitrogen and oxygen atoms in total. The van der Waals surface area contributed by atoms with E-state index in [0.717, 1.165) is 24.0 Å². The zero-order chi connectivity index (χ0) is 16.7. The number of halogens is 1. The van der Waals surface area contributed by atoms with Gasteiger partial charge in [-0.3, -0.25) is 4.79 Å². The lowest BCUT2D eigenvalue weighted by molar-refractivity contribution is 0.102. The van der Waals surface area contributed by atoms with Crippen LogP contribution in [0.1, 0.15) is 16.9 Å². The Labute approximate surface area is 144 Å². The lowest BCUT2D eigenvalue weighted by Gasteiger charge is -2.10. The predicted molar refractivity (Wildman–Crippen MR) is 95.8 cm³/mol. The molecule has 2 N–H and O–H groups in total. The Balaban J connectivity index is 1.94. The summed E-state index contributed by atoms with van der Waals surface area (Å²) in [6.07, 6.45) is 2.39. The van der Waals surface area contributed by atoms with Crippen molar-refractivity contribution in [2.75, 3.05) is 37.8 Å². The highest BCUT2D eigenvalue weighted by Gasteiger charge is 2.09. The normalized spacial score (nSPS) is 10.6. The minimum Gasteiger partial charge on any atom is -0.370 e. The summed E-state index contributed by atoms with van der Waals surface area (Å²) < 4.78 is 0.904. The van der Waals surface area contributed by atoms with E-state index in [1.807, 2.05) is 38.4 Å². The van der Waals surface area contributed by atoms with E-state index in [1.165, 1.54) is 6.33 Å². The van der Waals surface area contributed by atoms with Crippen molar-refractivity contribution in [3.8, 4) is 0 Å². The van der Waals surface area contributed by atoms with Gasteiger partial charge in [-0.1, -0.05) is 22.0 Å². The van der Waals surface area contributed by atoms with Crippen molar-refractivity contribution < 1.29 is 4.79 Å². The number of aromatic nitrogens is 2. The minimum absolute atomic E-state index is 0.262. The largest absolute Gasteiger partial charge is 0.370 e. The van der Waals surface area contributed by atoms with Crippen molar-refractivity contribution >= 4 is 33.3 Å². The summed E-state index contributed by atoms with van der Waals surface area (Å²) in [4.78, 5) is 22.5. The second kappa shape index (κ2) is 8.59. The number of rotatable bonds is 7. The molecule has 1 aromatic heterocycles. The molecule has 2 aromatic rings. The van der Waals surface area contributed by atoms with Crippen LogP contribution < -0.4 is 10.6 Å². The molecule has 0 radical (unpaired) electrons. The van der Waals surface area contributed by atoms with Gasteiger partial charge in [-0.05, 0) is 45.3 Å². The van der Waals surface area contributed by atoms with E-state index in [0.29, 0.717) is 17.2 Å². The molecule has 1 heterocycles. The van der Waals surface area contributed by atoms with Crippen LogP contribution in [0.5, 0.6) is 0 Å². The molecule has 0 aliphatic rings. The standard InChI is InChI=1S/C16H20BrN5O/c1-22(2)8-4-7-18-15-10-14(19-11-20-15)16(23)21-13-6-3-5-12(17)9-13/h3,5-6,9-11H,4,7-8H2,1-2H3,(H,21,23)(H,18,19,20). The number of nitrogens with one attached hydrogen (secondary N) is 2. The van der Waals surface area contributed by atoms with Gasteiger partial charge in [0.25, 0.3) is 5.91 Å². The van der Waals surface area contributed by atoms with Gasteiger partial charge in [0.1, 0.15) is 17.8 Å². The highest BCUT2D eigenvalue weighted by atomic mass is 79.9. The van der Waals surface area contributed by atoms with Gasteiger partial charge in [0.15, 0.2) is 0 Å². The maximum atomic E-state index is 12.2. The van der Waals surface area contributed by atoms with Crippen LogP contribution in [0, 0.1) is 0 Å². The quantitative estimate of drug-likeness (QED) is 0.726. The van der Waals surface area contributed by atoms with Crippen LogP contribution in [0.15, 0.2) is 41.1 Å². The zero-order valence-corrected chi connectivity index (χ0v) is 14.8. The third-order valence-corrected chi connectivity index (χ3v) is 3.56. The molecule has 0 unspecified atom stereocenters. The maximum Gasteiger partial charge on any atom is 0.274 e. The first-order chi connectivity index (χ1) is 11.0. The number of anilines is 2. The molecular formula is C16H20BrN5O. The smallest absolute Gasteiger partial charge is 0.274 e. The lowest BCUT2D eigenvalue weighted by atomic mass is 10.3. The molecule has 0 aliphatic heterocycles. The summed E-state index contributed by atoms with van der Waals surface area (Å²) >= 11 is 3.37. The molecule has 1 amide bonds. The monoisotopic (exact) mass is 377 g/mol. The molecule has 0 fully saturated rings. The Morgan fingerprint density at radius 1 is 1.26 bits per heavy atom. The van der Waals surface area contributed by atoms with Gasteiger partial charge in [-0.2, -0.15) is 0 Å².